The van der Waals surface area contributed by atoms with E-state index in [1.165, 1.54) is 7.11 Å². The predicted octanol–water partition coefficient (Wildman–Crippen LogP) is 0.771. The van der Waals surface area contributed by atoms with Crippen molar-refractivity contribution in [3.8, 4) is 0 Å². The molecule has 1 atom stereocenters. The van der Waals surface area contributed by atoms with Gasteiger partial charge in [-0.15, -0.1) is 0 Å². The highest BCUT2D eigenvalue weighted by Crippen LogP contribution is 2.15. The SMILES string of the molecule is COC(=O)NC1=CCCC[C@@H]1O. The molecule has 1 amide bonds. The first-order valence-electron chi connectivity index (χ1n) is 3.97. The summed E-state index contributed by atoms with van der Waals surface area (Å²) in [5.41, 5.74) is 0.563. The van der Waals surface area contributed by atoms with Gasteiger partial charge in [-0.25, -0.2) is 4.79 Å². The first kappa shape index (κ1) is 9.06. The molecule has 68 valence electrons. The van der Waals surface area contributed by atoms with Crippen molar-refractivity contribution in [2.75, 3.05) is 7.11 Å². The minimum Gasteiger partial charge on any atom is -0.453 e. The molecule has 0 fully saturated rings. The molecule has 1 rings (SSSR count). The summed E-state index contributed by atoms with van der Waals surface area (Å²) in [5, 5.41) is 11.8. The van der Waals surface area contributed by atoms with Gasteiger partial charge in [0, 0.05) is 5.70 Å². The van der Waals surface area contributed by atoms with E-state index in [-0.39, 0.29) is 0 Å². The Morgan fingerprint density at radius 3 is 3.17 bits per heavy atom. The Bertz CT molecular complexity index is 200. The minimum atomic E-state index is -0.544. The maximum absolute atomic E-state index is 10.7. The van der Waals surface area contributed by atoms with Crippen LogP contribution in [0.1, 0.15) is 19.3 Å². The van der Waals surface area contributed by atoms with Crippen molar-refractivity contribution in [3.05, 3.63) is 11.8 Å². The zero-order valence-corrected chi connectivity index (χ0v) is 7.04. The van der Waals surface area contributed by atoms with Crippen LogP contribution in [0, 0.1) is 0 Å². The summed E-state index contributed by atoms with van der Waals surface area (Å²) in [5.74, 6) is 0. The molecule has 12 heavy (non-hydrogen) atoms. The second-order valence-electron chi connectivity index (χ2n) is 2.72. The molecule has 0 saturated heterocycles. The van der Waals surface area contributed by atoms with E-state index in [9.17, 15) is 9.90 Å². The molecule has 0 saturated carbocycles. The van der Waals surface area contributed by atoms with Gasteiger partial charge in [-0.3, -0.25) is 5.32 Å². The van der Waals surface area contributed by atoms with Crippen LogP contribution >= 0.6 is 0 Å². The summed E-state index contributed by atoms with van der Waals surface area (Å²) in [4.78, 5) is 10.7. The molecule has 0 aliphatic heterocycles. The van der Waals surface area contributed by atoms with Crippen LogP contribution in [-0.2, 0) is 4.74 Å². The quantitative estimate of drug-likeness (QED) is 0.612. The fraction of sp³-hybridized carbons (Fsp3) is 0.625. The van der Waals surface area contributed by atoms with Gasteiger partial charge in [0.15, 0.2) is 0 Å². The van der Waals surface area contributed by atoms with Crippen LogP contribution in [0.5, 0.6) is 0 Å². The molecule has 2 N–H and O–H groups in total. The van der Waals surface area contributed by atoms with Crippen LogP contribution < -0.4 is 5.32 Å². The summed E-state index contributed by atoms with van der Waals surface area (Å²) >= 11 is 0. The van der Waals surface area contributed by atoms with E-state index in [1.807, 2.05) is 6.08 Å². The number of aliphatic hydroxyl groups is 1. The maximum atomic E-state index is 10.7. The monoisotopic (exact) mass is 171 g/mol. The van der Waals surface area contributed by atoms with Crippen LogP contribution in [-0.4, -0.2) is 24.4 Å². The Balaban J connectivity index is 2.49. The van der Waals surface area contributed by atoms with Gasteiger partial charge in [-0.1, -0.05) is 6.08 Å². The molecule has 4 nitrogen and oxygen atoms in total. The van der Waals surface area contributed by atoms with Crippen molar-refractivity contribution in [1.29, 1.82) is 0 Å². The van der Waals surface area contributed by atoms with Crippen molar-refractivity contribution in [2.45, 2.75) is 25.4 Å². The number of aliphatic hydroxyl groups excluding tert-OH is 1. The van der Waals surface area contributed by atoms with Crippen LogP contribution in [0.4, 0.5) is 4.79 Å². The zero-order valence-electron chi connectivity index (χ0n) is 7.04. The lowest BCUT2D eigenvalue weighted by Crippen LogP contribution is -2.31. The third-order valence-electron chi connectivity index (χ3n) is 1.84. The number of hydrogen-bond acceptors (Lipinski definition) is 3. The third-order valence-corrected chi connectivity index (χ3v) is 1.84. The van der Waals surface area contributed by atoms with Gasteiger partial charge in [-0.05, 0) is 19.3 Å². The molecule has 4 heteroatoms. The Morgan fingerprint density at radius 2 is 2.58 bits per heavy atom. The van der Waals surface area contributed by atoms with E-state index < -0.39 is 12.2 Å². The number of carbonyl (C=O) groups is 1. The Kier molecular flexibility index (Phi) is 3.10. The highest BCUT2D eigenvalue weighted by Gasteiger charge is 2.16. The van der Waals surface area contributed by atoms with Crippen molar-refractivity contribution in [2.24, 2.45) is 0 Å². The number of carbonyl (C=O) groups excluding carboxylic acids is 1. The number of hydrogen-bond donors (Lipinski definition) is 2. The summed E-state index contributed by atoms with van der Waals surface area (Å²) in [6.07, 6.45) is 3.32. The summed E-state index contributed by atoms with van der Waals surface area (Å²) < 4.78 is 4.40. The fourth-order valence-corrected chi connectivity index (χ4v) is 1.16. The van der Waals surface area contributed by atoms with Crippen molar-refractivity contribution >= 4 is 6.09 Å². The van der Waals surface area contributed by atoms with Crippen LogP contribution in [0.2, 0.25) is 0 Å². The number of methoxy groups -OCH3 is 1. The van der Waals surface area contributed by atoms with Gasteiger partial charge >= 0.3 is 6.09 Å². The zero-order chi connectivity index (χ0) is 8.97. The summed E-state index contributed by atoms with van der Waals surface area (Å²) in [6, 6.07) is 0. The lowest BCUT2D eigenvalue weighted by molar-refractivity contribution is 0.156. The highest BCUT2D eigenvalue weighted by atomic mass is 16.5. The molecule has 0 bridgehead atoms. The largest absolute Gasteiger partial charge is 0.453 e. The van der Waals surface area contributed by atoms with Gasteiger partial charge < -0.3 is 9.84 Å². The topological polar surface area (TPSA) is 58.6 Å². The van der Waals surface area contributed by atoms with Crippen LogP contribution in [0.15, 0.2) is 11.8 Å². The van der Waals surface area contributed by atoms with E-state index in [1.54, 1.807) is 0 Å². The van der Waals surface area contributed by atoms with Crippen LogP contribution in [0.3, 0.4) is 0 Å². The first-order chi connectivity index (χ1) is 5.74. The molecule has 0 aromatic heterocycles. The molecule has 0 aromatic carbocycles. The Morgan fingerprint density at radius 1 is 1.83 bits per heavy atom. The molecule has 0 spiro atoms. The number of ether oxygens (including phenoxy) is 1. The molecular weight excluding hydrogens is 158 g/mol. The number of amides is 1. The molecule has 1 aliphatic rings. The second-order valence-corrected chi connectivity index (χ2v) is 2.72. The van der Waals surface area contributed by atoms with Gasteiger partial charge in [0.2, 0.25) is 0 Å². The van der Waals surface area contributed by atoms with E-state index in [2.05, 4.69) is 10.1 Å². The molecule has 0 aromatic rings. The average molecular weight is 171 g/mol. The minimum absolute atomic E-state index is 0.526. The van der Waals surface area contributed by atoms with E-state index in [0.717, 1.165) is 12.8 Å². The first-order valence-corrected chi connectivity index (χ1v) is 3.97. The molecule has 1 aliphatic carbocycles. The van der Waals surface area contributed by atoms with Gasteiger partial charge in [0.25, 0.3) is 0 Å². The van der Waals surface area contributed by atoms with E-state index in [0.29, 0.717) is 12.1 Å². The van der Waals surface area contributed by atoms with Crippen molar-refractivity contribution in [3.63, 3.8) is 0 Å². The second kappa shape index (κ2) is 4.11. The van der Waals surface area contributed by atoms with Crippen molar-refractivity contribution < 1.29 is 14.6 Å². The molecule has 0 radical (unpaired) electrons. The van der Waals surface area contributed by atoms with E-state index >= 15 is 0 Å². The number of nitrogens with one attached hydrogen (secondary N) is 1. The molecule has 0 heterocycles. The van der Waals surface area contributed by atoms with Gasteiger partial charge in [-0.2, -0.15) is 0 Å². The van der Waals surface area contributed by atoms with Crippen molar-refractivity contribution in [1.82, 2.24) is 5.32 Å². The smallest absolute Gasteiger partial charge is 0.411 e. The van der Waals surface area contributed by atoms with E-state index in [4.69, 9.17) is 0 Å². The third kappa shape index (κ3) is 2.23. The standard InChI is InChI=1S/C8H13NO3/c1-12-8(11)9-6-4-2-3-5-7(6)10/h4,7,10H,2-3,5H2,1H3,(H,9,11)/t7-/m0/s1. The predicted molar refractivity (Wildman–Crippen MR) is 43.5 cm³/mol. The summed E-state index contributed by atoms with van der Waals surface area (Å²) in [7, 11) is 1.30. The molecule has 0 unspecified atom stereocenters. The number of allylic oxidation sites excluding steroid dienone is 1. The summed E-state index contributed by atoms with van der Waals surface area (Å²) in [6.45, 7) is 0. The average Bonchev–Trinajstić information content (AvgIpc) is 2.09. The van der Waals surface area contributed by atoms with Gasteiger partial charge in [0.1, 0.15) is 0 Å². The Labute approximate surface area is 71.2 Å². The highest BCUT2D eigenvalue weighted by molar-refractivity contribution is 5.69. The molecular formula is C8H13NO3. The maximum Gasteiger partial charge on any atom is 0.411 e. The number of alkyl carbamates (subject to hydrolysis) is 1. The Hall–Kier alpha value is -1.03. The van der Waals surface area contributed by atoms with Gasteiger partial charge in [0.05, 0.1) is 13.2 Å². The fourth-order valence-electron chi connectivity index (χ4n) is 1.16. The van der Waals surface area contributed by atoms with Crippen LogP contribution in [0.25, 0.3) is 0 Å². The lowest BCUT2D eigenvalue weighted by atomic mass is 10.0. The normalized spacial score (nSPS) is 22.8. The lowest BCUT2D eigenvalue weighted by Gasteiger charge is -2.19. The number of rotatable bonds is 1.